The molecular weight excluding hydrogens is 356 g/mol. The molecule has 2 N–H and O–H groups in total. The van der Waals surface area contributed by atoms with E-state index in [1.54, 1.807) is 54.1 Å². The van der Waals surface area contributed by atoms with Crippen LogP contribution in [0.15, 0.2) is 48.7 Å². The number of ether oxygens (including phenoxy) is 1. The van der Waals surface area contributed by atoms with Crippen molar-refractivity contribution in [1.82, 2.24) is 14.7 Å². The molecule has 0 saturated heterocycles. The minimum atomic E-state index is -0.387. The number of aromatic nitrogens is 2. The lowest BCUT2D eigenvalue weighted by Crippen LogP contribution is -2.26. The van der Waals surface area contributed by atoms with Gasteiger partial charge in [-0.15, -0.1) is 0 Å². The Bertz CT molecular complexity index is 981. The number of carbonyl (C=O) groups excluding carboxylic acids is 2. The summed E-state index contributed by atoms with van der Waals surface area (Å²) in [6.45, 7) is 2.69. The molecule has 0 fully saturated rings. The van der Waals surface area contributed by atoms with Crippen molar-refractivity contribution in [3.63, 3.8) is 0 Å². The van der Waals surface area contributed by atoms with Crippen molar-refractivity contribution in [2.24, 2.45) is 0 Å². The average molecular weight is 380 g/mol. The maximum atomic E-state index is 12.8. The first-order valence-corrected chi connectivity index (χ1v) is 9.34. The first-order chi connectivity index (χ1) is 13.6. The molecule has 146 valence electrons. The number of nitrogens with one attached hydrogen (secondary N) is 2. The molecule has 2 heterocycles. The molecule has 0 aliphatic heterocycles. The van der Waals surface area contributed by atoms with Crippen molar-refractivity contribution in [3.05, 3.63) is 60.2 Å². The number of carbonyl (C=O) groups is 2. The molecule has 0 bridgehead atoms. The number of amides is 2. The lowest BCUT2D eigenvalue weighted by atomic mass is 10.2. The van der Waals surface area contributed by atoms with Gasteiger partial charge in [-0.3, -0.25) is 14.0 Å². The van der Waals surface area contributed by atoms with Crippen LogP contribution in [0.25, 0.3) is 5.52 Å². The smallest absolute Gasteiger partial charge is 0.287 e. The lowest BCUT2D eigenvalue weighted by molar-refractivity contribution is 0.0942. The van der Waals surface area contributed by atoms with Crippen LogP contribution < -0.4 is 15.4 Å². The van der Waals surface area contributed by atoms with E-state index in [0.717, 1.165) is 19.3 Å². The van der Waals surface area contributed by atoms with Gasteiger partial charge in [0.2, 0.25) is 5.82 Å². The fourth-order valence-corrected chi connectivity index (χ4v) is 2.91. The van der Waals surface area contributed by atoms with Gasteiger partial charge in [0, 0.05) is 24.5 Å². The molecule has 28 heavy (non-hydrogen) atoms. The number of anilines is 1. The minimum absolute atomic E-state index is 0.196. The van der Waals surface area contributed by atoms with E-state index in [1.165, 1.54) is 0 Å². The molecule has 1 aromatic carbocycles. The van der Waals surface area contributed by atoms with Crippen LogP contribution in [0.2, 0.25) is 0 Å². The van der Waals surface area contributed by atoms with Crippen LogP contribution in [0.5, 0.6) is 5.75 Å². The van der Waals surface area contributed by atoms with Gasteiger partial charge in [-0.1, -0.05) is 31.9 Å². The van der Waals surface area contributed by atoms with E-state index in [2.05, 4.69) is 22.5 Å². The molecule has 7 nitrogen and oxygen atoms in total. The Hall–Kier alpha value is -3.35. The van der Waals surface area contributed by atoms with Crippen molar-refractivity contribution < 1.29 is 14.3 Å². The normalized spacial score (nSPS) is 10.6. The molecule has 2 aromatic heterocycles. The summed E-state index contributed by atoms with van der Waals surface area (Å²) in [5.41, 5.74) is 1.36. The van der Waals surface area contributed by atoms with E-state index in [-0.39, 0.29) is 23.3 Å². The van der Waals surface area contributed by atoms with E-state index < -0.39 is 0 Å². The number of unbranched alkanes of at least 4 members (excludes halogenated alkanes) is 2. The molecule has 0 aliphatic carbocycles. The van der Waals surface area contributed by atoms with Gasteiger partial charge >= 0.3 is 0 Å². The summed E-state index contributed by atoms with van der Waals surface area (Å²) in [7, 11) is 1.56. The van der Waals surface area contributed by atoms with E-state index in [1.807, 2.05) is 6.07 Å². The van der Waals surface area contributed by atoms with Crippen molar-refractivity contribution in [2.45, 2.75) is 26.2 Å². The SMILES string of the molecule is CCCCCNC(=O)c1nc(C(=O)Nc2cccc(OC)c2)c2ccccn12. The number of rotatable bonds is 8. The zero-order valence-corrected chi connectivity index (χ0v) is 16.1. The standard InChI is InChI=1S/C21H24N4O3/c1-3-4-6-12-22-21(27)19-24-18(17-11-5-7-13-25(17)19)20(26)23-15-9-8-10-16(14-15)28-2/h5,7-11,13-14H,3-4,6,12H2,1-2H3,(H,22,27)(H,23,26). The van der Waals surface area contributed by atoms with Crippen molar-refractivity contribution in [3.8, 4) is 5.75 Å². The molecule has 2 amide bonds. The topological polar surface area (TPSA) is 84.7 Å². The minimum Gasteiger partial charge on any atom is -0.497 e. The highest BCUT2D eigenvalue weighted by Gasteiger charge is 2.21. The number of nitrogens with zero attached hydrogens (tertiary/aromatic N) is 2. The van der Waals surface area contributed by atoms with Gasteiger partial charge in [0.05, 0.1) is 12.6 Å². The van der Waals surface area contributed by atoms with Crippen LogP contribution in [0.1, 0.15) is 47.3 Å². The first-order valence-electron chi connectivity index (χ1n) is 9.34. The van der Waals surface area contributed by atoms with E-state index >= 15 is 0 Å². The van der Waals surface area contributed by atoms with Crippen molar-refractivity contribution in [2.75, 3.05) is 19.0 Å². The number of methoxy groups -OCH3 is 1. The lowest BCUT2D eigenvalue weighted by Gasteiger charge is -2.05. The second-order valence-electron chi connectivity index (χ2n) is 6.39. The van der Waals surface area contributed by atoms with Gasteiger partial charge in [-0.05, 0) is 30.7 Å². The van der Waals surface area contributed by atoms with Gasteiger partial charge < -0.3 is 15.4 Å². The largest absolute Gasteiger partial charge is 0.497 e. The molecule has 0 unspecified atom stereocenters. The zero-order valence-electron chi connectivity index (χ0n) is 16.1. The molecule has 0 atom stereocenters. The molecule has 0 radical (unpaired) electrons. The van der Waals surface area contributed by atoms with Gasteiger partial charge in [0.25, 0.3) is 11.8 Å². The molecular formula is C21H24N4O3. The quantitative estimate of drug-likeness (QED) is 0.586. The van der Waals surface area contributed by atoms with Gasteiger partial charge in [-0.2, -0.15) is 0 Å². The van der Waals surface area contributed by atoms with E-state index in [9.17, 15) is 9.59 Å². The van der Waals surface area contributed by atoms with Crippen LogP contribution in [-0.4, -0.2) is 34.9 Å². The summed E-state index contributed by atoms with van der Waals surface area (Å²) in [5.74, 6) is 0.155. The number of fused-ring (bicyclic) bond motifs is 1. The number of hydrogen-bond donors (Lipinski definition) is 2. The molecule has 3 aromatic rings. The monoisotopic (exact) mass is 380 g/mol. The highest BCUT2D eigenvalue weighted by atomic mass is 16.5. The Morgan fingerprint density at radius 1 is 1.11 bits per heavy atom. The third-order valence-electron chi connectivity index (χ3n) is 4.36. The highest BCUT2D eigenvalue weighted by Crippen LogP contribution is 2.19. The average Bonchev–Trinajstić information content (AvgIpc) is 3.11. The van der Waals surface area contributed by atoms with Gasteiger partial charge in [0.15, 0.2) is 5.69 Å². The second kappa shape index (κ2) is 9.03. The Labute approximate surface area is 163 Å². The molecule has 0 saturated carbocycles. The maximum absolute atomic E-state index is 12.8. The predicted octanol–water partition coefficient (Wildman–Crippen LogP) is 3.52. The van der Waals surface area contributed by atoms with Crippen LogP contribution in [-0.2, 0) is 0 Å². The van der Waals surface area contributed by atoms with Crippen molar-refractivity contribution in [1.29, 1.82) is 0 Å². The van der Waals surface area contributed by atoms with Crippen molar-refractivity contribution >= 4 is 23.0 Å². The Morgan fingerprint density at radius 2 is 1.96 bits per heavy atom. The number of pyridine rings is 1. The van der Waals surface area contributed by atoms with Crippen LogP contribution in [0, 0.1) is 0 Å². The maximum Gasteiger partial charge on any atom is 0.287 e. The fraction of sp³-hybridized carbons (Fsp3) is 0.286. The summed E-state index contributed by atoms with van der Waals surface area (Å²) in [6, 6.07) is 12.4. The van der Waals surface area contributed by atoms with E-state index in [0.29, 0.717) is 23.5 Å². The Morgan fingerprint density at radius 3 is 2.75 bits per heavy atom. The Balaban J connectivity index is 1.84. The molecule has 7 heteroatoms. The van der Waals surface area contributed by atoms with E-state index in [4.69, 9.17) is 4.74 Å². The molecule has 3 rings (SSSR count). The number of imidazole rings is 1. The summed E-state index contributed by atoms with van der Waals surface area (Å²) < 4.78 is 6.81. The second-order valence-corrected chi connectivity index (χ2v) is 6.39. The summed E-state index contributed by atoms with van der Waals surface area (Å²) in [5, 5.41) is 5.68. The van der Waals surface area contributed by atoms with Gasteiger partial charge in [-0.25, -0.2) is 4.98 Å². The van der Waals surface area contributed by atoms with Crippen LogP contribution >= 0.6 is 0 Å². The third-order valence-corrected chi connectivity index (χ3v) is 4.36. The van der Waals surface area contributed by atoms with Crippen LogP contribution in [0.3, 0.4) is 0 Å². The zero-order chi connectivity index (χ0) is 19.9. The Kier molecular flexibility index (Phi) is 6.26. The number of benzene rings is 1. The highest BCUT2D eigenvalue weighted by molar-refractivity contribution is 6.09. The fourth-order valence-electron chi connectivity index (χ4n) is 2.91. The molecule has 0 aliphatic rings. The third kappa shape index (κ3) is 4.31. The van der Waals surface area contributed by atoms with Gasteiger partial charge in [0.1, 0.15) is 5.75 Å². The predicted molar refractivity (Wildman–Crippen MR) is 108 cm³/mol. The summed E-state index contributed by atoms with van der Waals surface area (Å²) in [6.07, 6.45) is 4.77. The first kappa shape index (κ1) is 19.4. The van der Waals surface area contributed by atoms with Crippen LogP contribution in [0.4, 0.5) is 5.69 Å². The number of hydrogen-bond acceptors (Lipinski definition) is 4. The summed E-state index contributed by atoms with van der Waals surface area (Å²) in [4.78, 5) is 29.7. The summed E-state index contributed by atoms with van der Waals surface area (Å²) >= 11 is 0. The molecule has 0 spiro atoms.